The highest BCUT2D eigenvalue weighted by molar-refractivity contribution is 7.93. The number of nitrogens with one attached hydrogen (secondary N) is 2. The molecule has 29 heavy (non-hydrogen) atoms. The standard InChI is InChI=1S/C15H22F2N4O6S2/c1-3-18-15(22)20-6-8-21(9-7-20)29(25,26)13-5-4-11(27-2)10-12(13)19-28(23,24)14(16)17/h4-5,10,14,19H,3,6-9H2,1-2H3,(H,18,22). The highest BCUT2D eigenvalue weighted by atomic mass is 32.2. The van der Waals surface area contributed by atoms with Crippen molar-refractivity contribution in [3.05, 3.63) is 18.2 Å². The molecular weight excluding hydrogens is 434 g/mol. The Morgan fingerprint density at radius 1 is 1.17 bits per heavy atom. The summed E-state index contributed by atoms with van der Waals surface area (Å²) in [6, 6.07) is 3.04. The molecule has 164 valence electrons. The van der Waals surface area contributed by atoms with E-state index in [2.05, 4.69) is 5.32 Å². The van der Waals surface area contributed by atoms with Crippen molar-refractivity contribution in [1.29, 1.82) is 0 Å². The van der Waals surface area contributed by atoms with Crippen molar-refractivity contribution in [3.63, 3.8) is 0 Å². The number of benzene rings is 1. The summed E-state index contributed by atoms with van der Waals surface area (Å²) in [6.45, 7) is 2.36. The maximum atomic E-state index is 13.0. The number of ether oxygens (including phenoxy) is 1. The van der Waals surface area contributed by atoms with Gasteiger partial charge in [-0.1, -0.05) is 0 Å². The molecule has 0 aliphatic carbocycles. The summed E-state index contributed by atoms with van der Waals surface area (Å²) in [5, 5.41) is 2.62. The van der Waals surface area contributed by atoms with E-state index in [0.717, 1.165) is 16.4 Å². The van der Waals surface area contributed by atoms with Gasteiger partial charge in [-0.05, 0) is 19.1 Å². The lowest BCUT2D eigenvalue weighted by Gasteiger charge is -2.34. The third kappa shape index (κ3) is 5.25. The van der Waals surface area contributed by atoms with Gasteiger partial charge in [0.1, 0.15) is 10.6 Å². The minimum atomic E-state index is -5.10. The first-order chi connectivity index (χ1) is 13.5. The average Bonchev–Trinajstić information content (AvgIpc) is 2.67. The lowest BCUT2D eigenvalue weighted by Crippen LogP contribution is -2.53. The van der Waals surface area contributed by atoms with Gasteiger partial charge >= 0.3 is 11.8 Å². The molecule has 0 unspecified atom stereocenters. The lowest BCUT2D eigenvalue weighted by atomic mass is 10.3. The number of hydrogen-bond donors (Lipinski definition) is 2. The Hall–Kier alpha value is -2.19. The quantitative estimate of drug-likeness (QED) is 0.622. The van der Waals surface area contributed by atoms with Gasteiger partial charge in [-0.15, -0.1) is 0 Å². The van der Waals surface area contributed by atoms with Crippen LogP contribution in [0.5, 0.6) is 5.75 Å². The van der Waals surface area contributed by atoms with Gasteiger partial charge in [-0.2, -0.15) is 13.1 Å². The van der Waals surface area contributed by atoms with E-state index in [1.807, 2.05) is 0 Å². The third-order valence-electron chi connectivity index (χ3n) is 4.15. The number of nitrogens with zero attached hydrogens (tertiary/aromatic N) is 2. The number of sulfonamides is 2. The van der Waals surface area contributed by atoms with Crippen LogP contribution in [0.3, 0.4) is 0 Å². The van der Waals surface area contributed by atoms with Crippen molar-refractivity contribution in [2.45, 2.75) is 17.6 Å². The molecule has 1 aliphatic rings. The molecule has 0 bridgehead atoms. The number of hydrogen-bond acceptors (Lipinski definition) is 6. The summed E-state index contributed by atoms with van der Waals surface area (Å²) in [4.78, 5) is 12.8. The van der Waals surface area contributed by atoms with E-state index in [-0.39, 0.29) is 38.0 Å². The number of amides is 2. The maximum absolute atomic E-state index is 13.0. The summed E-state index contributed by atoms with van der Waals surface area (Å²) in [6.07, 6.45) is 0. The molecule has 14 heteroatoms. The van der Waals surface area contributed by atoms with Crippen LogP contribution in [-0.2, 0) is 20.0 Å². The van der Waals surface area contributed by atoms with E-state index in [1.54, 1.807) is 11.6 Å². The number of anilines is 1. The Bertz CT molecular complexity index is 948. The third-order valence-corrected chi connectivity index (χ3v) is 7.08. The minimum absolute atomic E-state index is 0.0352. The van der Waals surface area contributed by atoms with Gasteiger partial charge < -0.3 is 15.0 Å². The van der Waals surface area contributed by atoms with Gasteiger partial charge in [0.2, 0.25) is 10.0 Å². The molecule has 1 aromatic rings. The summed E-state index contributed by atoms with van der Waals surface area (Å²) >= 11 is 0. The fourth-order valence-corrected chi connectivity index (χ4v) is 4.85. The van der Waals surface area contributed by atoms with Crippen LogP contribution < -0.4 is 14.8 Å². The molecular formula is C15H22F2N4O6S2. The molecule has 0 atom stereocenters. The van der Waals surface area contributed by atoms with E-state index >= 15 is 0 Å². The minimum Gasteiger partial charge on any atom is -0.497 e. The Balaban J connectivity index is 2.32. The molecule has 1 saturated heterocycles. The highest BCUT2D eigenvalue weighted by Crippen LogP contribution is 2.31. The van der Waals surface area contributed by atoms with Crippen LogP contribution >= 0.6 is 0 Å². The number of halogens is 2. The van der Waals surface area contributed by atoms with Crippen LogP contribution in [0.25, 0.3) is 0 Å². The van der Waals surface area contributed by atoms with Crippen molar-refractivity contribution >= 4 is 31.8 Å². The van der Waals surface area contributed by atoms with Crippen LogP contribution in [0.4, 0.5) is 19.3 Å². The van der Waals surface area contributed by atoms with Crippen LogP contribution in [0.15, 0.2) is 23.1 Å². The molecule has 10 nitrogen and oxygen atoms in total. The predicted molar refractivity (Wildman–Crippen MR) is 101 cm³/mol. The molecule has 0 spiro atoms. The monoisotopic (exact) mass is 456 g/mol. The molecule has 0 radical (unpaired) electrons. The van der Waals surface area contributed by atoms with E-state index in [9.17, 15) is 30.4 Å². The van der Waals surface area contributed by atoms with Gasteiger partial charge in [0.05, 0.1) is 12.8 Å². The fraction of sp³-hybridized carbons (Fsp3) is 0.533. The van der Waals surface area contributed by atoms with E-state index in [1.165, 1.54) is 18.1 Å². The number of carbonyl (C=O) groups excluding carboxylic acids is 1. The second-order valence-corrected chi connectivity index (χ2v) is 9.55. The zero-order chi connectivity index (χ0) is 21.8. The molecule has 1 aliphatic heterocycles. The topological polar surface area (TPSA) is 125 Å². The molecule has 0 aromatic heterocycles. The van der Waals surface area contributed by atoms with Crippen LogP contribution in [0.1, 0.15) is 6.92 Å². The smallest absolute Gasteiger partial charge is 0.355 e. The highest BCUT2D eigenvalue weighted by Gasteiger charge is 2.33. The molecule has 2 amide bonds. The van der Waals surface area contributed by atoms with Crippen molar-refractivity contribution in [2.75, 3.05) is 44.6 Å². The number of carbonyl (C=O) groups is 1. The van der Waals surface area contributed by atoms with Gasteiger partial charge in [0.15, 0.2) is 0 Å². The van der Waals surface area contributed by atoms with Gasteiger partial charge in [0, 0.05) is 38.8 Å². The molecule has 2 rings (SSSR count). The van der Waals surface area contributed by atoms with Crippen molar-refractivity contribution in [2.24, 2.45) is 0 Å². The summed E-state index contributed by atoms with van der Waals surface area (Å²) in [7, 11) is -8.07. The molecule has 2 N–H and O–H groups in total. The predicted octanol–water partition coefficient (Wildman–Crippen LogP) is 0.695. The second kappa shape index (κ2) is 9.09. The zero-order valence-corrected chi connectivity index (χ0v) is 17.4. The number of alkyl halides is 2. The Morgan fingerprint density at radius 2 is 1.79 bits per heavy atom. The largest absolute Gasteiger partial charge is 0.497 e. The van der Waals surface area contributed by atoms with Gasteiger partial charge in [0.25, 0.3) is 10.0 Å². The summed E-state index contributed by atoms with van der Waals surface area (Å²) < 4.78 is 82.3. The Labute approximate surface area is 167 Å². The molecule has 1 heterocycles. The lowest BCUT2D eigenvalue weighted by molar-refractivity contribution is 0.173. The van der Waals surface area contributed by atoms with Crippen LogP contribution in [-0.4, -0.2) is 77.7 Å². The molecule has 1 fully saturated rings. The SMILES string of the molecule is CCNC(=O)N1CCN(S(=O)(=O)c2ccc(OC)cc2NS(=O)(=O)C(F)F)CC1. The normalized spacial score (nSPS) is 16.0. The number of urea groups is 1. The van der Waals surface area contributed by atoms with E-state index in [0.29, 0.717) is 6.54 Å². The van der Waals surface area contributed by atoms with E-state index < -0.39 is 36.4 Å². The second-order valence-electron chi connectivity index (χ2n) is 6.00. The first-order valence-corrected chi connectivity index (χ1v) is 11.5. The number of methoxy groups -OCH3 is 1. The van der Waals surface area contributed by atoms with Gasteiger partial charge in [-0.3, -0.25) is 4.72 Å². The van der Waals surface area contributed by atoms with Crippen LogP contribution in [0.2, 0.25) is 0 Å². The van der Waals surface area contributed by atoms with Crippen molar-refractivity contribution in [3.8, 4) is 5.75 Å². The Morgan fingerprint density at radius 3 is 2.31 bits per heavy atom. The average molecular weight is 456 g/mol. The Kier molecular flexibility index (Phi) is 7.24. The first-order valence-electron chi connectivity index (χ1n) is 8.53. The maximum Gasteiger partial charge on any atom is 0.355 e. The van der Waals surface area contributed by atoms with Crippen molar-refractivity contribution < 1.29 is 35.1 Å². The summed E-state index contributed by atoms with van der Waals surface area (Å²) in [5.74, 6) is -3.66. The molecule has 0 saturated carbocycles. The first kappa shape index (κ1) is 23.1. The zero-order valence-electron chi connectivity index (χ0n) is 15.8. The fourth-order valence-electron chi connectivity index (χ4n) is 2.67. The number of rotatable bonds is 7. The van der Waals surface area contributed by atoms with Crippen molar-refractivity contribution in [1.82, 2.24) is 14.5 Å². The van der Waals surface area contributed by atoms with Gasteiger partial charge in [-0.25, -0.2) is 21.6 Å². The molecule has 1 aromatic carbocycles. The van der Waals surface area contributed by atoms with Crippen LogP contribution in [0, 0.1) is 0 Å². The number of piperazine rings is 1. The summed E-state index contributed by atoms with van der Waals surface area (Å²) in [5.41, 5.74) is -0.546. The van der Waals surface area contributed by atoms with E-state index in [4.69, 9.17) is 4.74 Å².